The number of carbonyl (C=O) groups is 3. The molecule has 1 amide bonds. The van der Waals surface area contributed by atoms with Crippen molar-refractivity contribution in [1.82, 2.24) is 5.01 Å². The molecule has 0 atom stereocenters. The van der Waals surface area contributed by atoms with E-state index in [1.54, 1.807) is 75.6 Å². The van der Waals surface area contributed by atoms with Crippen LogP contribution in [0.2, 0.25) is 0 Å². The van der Waals surface area contributed by atoms with Crippen molar-refractivity contribution in [2.75, 3.05) is 20.3 Å². The average Bonchev–Trinajstić information content (AvgIpc) is 2.79. The Hall–Kier alpha value is -3.94. The summed E-state index contributed by atoms with van der Waals surface area (Å²) < 4.78 is 15.1. The SMILES string of the molecule is CCOC(=O)/C=C(/C(=O)OCC)N(/N=C/c1ccc(OC)cc1)C(=O)c1ccccc1. The van der Waals surface area contributed by atoms with Crippen molar-refractivity contribution in [2.45, 2.75) is 13.8 Å². The zero-order valence-corrected chi connectivity index (χ0v) is 17.6. The minimum atomic E-state index is -0.883. The second-order valence-electron chi connectivity index (χ2n) is 6.00. The lowest BCUT2D eigenvalue weighted by Crippen LogP contribution is -2.31. The van der Waals surface area contributed by atoms with Crippen LogP contribution < -0.4 is 4.74 Å². The van der Waals surface area contributed by atoms with E-state index >= 15 is 0 Å². The van der Waals surface area contributed by atoms with Gasteiger partial charge in [-0.1, -0.05) is 18.2 Å². The first-order chi connectivity index (χ1) is 15.0. The van der Waals surface area contributed by atoms with Gasteiger partial charge < -0.3 is 14.2 Å². The van der Waals surface area contributed by atoms with Crippen LogP contribution in [0.3, 0.4) is 0 Å². The van der Waals surface area contributed by atoms with Crippen LogP contribution in [-0.4, -0.2) is 49.4 Å². The summed E-state index contributed by atoms with van der Waals surface area (Å²) >= 11 is 0. The largest absolute Gasteiger partial charge is 0.497 e. The maximum atomic E-state index is 13.1. The van der Waals surface area contributed by atoms with Gasteiger partial charge >= 0.3 is 11.9 Å². The van der Waals surface area contributed by atoms with Crippen LogP contribution in [0, 0.1) is 0 Å². The molecule has 0 N–H and O–H groups in total. The molecule has 0 aliphatic carbocycles. The summed E-state index contributed by atoms with van der Waals surface area (Å²) in [5, 5.41) is 5.01. The van der Waals surface area contributed by atoms with Crippen LogP contribution in [0.25, 0.3) is 0 Å². The first-order valence-electron chi connectivity index (χ1n) is 9.63. The van der Waals surface area contributed by atoms with Gasteiger partial charge in [0, 0.05) is 5.56 Å². The normalized spacial score (nSPS) is 11.1. The number of benzene rings is 2. The van der Waals surface area contributed by atoms with Crippen molar-refractivity contribution in [2.24, 2.45) is 5.10 Å². The molecular weight excluding hydrogens is 400 g/mol. The van der Waals surface area contributed by atoms with E-state index in [1.807, 2.05) is 0 Å². The second-order valence-corrected chi connectivity index (χ2v) is 6.00. The third-order valence-electron chi connectivity index (χ3n) is 3.91. The number of rotatable bonds is 9. The topological polar surface area (TPSA) is 94.5 Å². The van der Waals surface area contributed by atoms with E-state index in [1.165, 1.54) is 6.21 Å². The standard InChI is InChI=1S/C23H24N2O6/c1-4-30-21(26)15-20(23(28)31-5-2)25(22(27)18-9-7-6-8-10-18)24-16-17-11-13-19(29-3)14-12-17/h6-16H,4-5H2,1-3H3/b20-15-,24-16+. The minimum Gasteiger partial charge on any atom is -0.497 e. The number of carbonyl (C=O) groups excluding carboxylic acids is 3. The Morgan fingerprint density at radius 1 is 0.935 bits per heavy atom. The van der Waals surface area contributed by atoms with Gasteiger partial charge in [-0.3, -0.25) is 4.79 Å². The van der Waals surface area contributed by atoms with E-state index < -0.39 is 17.8 Å². The van der Waals surface area contributed by atoms with Gasteiger partial charge in [0.05, 0.1) is 32.6 Å². The van der Waals surface area contributed by atoms with Crippen molar-refractivity contribution in [3.05, 3.63) is 77.5 Å². The first-order valence-corrected chi connectivity index (χ1v) is 9.63. The smallest absolute Gasteiger partial charge is 0.357 e. The summed E-state index contributed by atoms with van der Waals surface area (Å²) in [6, 6.07) is 15.2. The Labute approximate surface area is 180 Å². The van der Waals surface area contributed by atoms with Gasteiger partial charge in [-0.25, -0.2) is 9.59 Å². The van der Waals surface area contributed by atoms with Gasteiger partial charge in [-0.05, 0) is 55.8 Å². The lowest BCUT2D eigenvalue weighted by atomic mass is 10.2. The maximum absolute atomic E-state index is 13.1. The molecule has 0 fully saturated rings. The molecule has 0 heterocycles. The molecule has 8 nitrogen and oxygen atoms in total. The van der Waals surface area contributed by atoms with E-state index in [9.17, 15) is 14.4 Å². The van der Waals surface area contributed by atoms with Gasteiger partial charge in [0.25, 0.3) is 5.91 Å². The molecule has 0 spiro atoms. The summed E-state index contributed by atoms with van der Waals surface area (Å²) in [5.74, 6) is -1.64. The Kier molecular flexibility index (Phi) is 8.97. The highest BCUT2D eigenvalue weighted by molar-refractivity contribution is 6.04. The summed E-state index contributed by atoms with van der Waals surface area (Å²) in [6.45, 7) is 3.40. The van der Waals surface area contributed by atoms with E-state index in [0.29, 0.717) is 11.3 Å². The summed E-state index contributed by atoms with van der Waals surface area (Å²) in [4.78, 5) is 37.8. The van der Waals surface area contributed by atoms with Crippen LogP contribution in [0.4, 0.5) is 0 Å². The average molecular weight is 424 g/mol. The minimum absolute atomic E-state index is 0.0502. The van der Waals surface area contributed by atoms with E-state index in [-0.39, 0.29) is 24.5 Å². The number of hydrazone groups is 1. The molecule has 0 radical (unpaired) electrons. The fourth-order valence-corrected chi connectivity index (χ4v) is 2.45. The molecular formula is C23H24N2O6. The lowest BCUT2D eigenvalue weighted by molar-refractivity contribution is -0.142. The lowest BCUT2D eigenvalue weighted by Gasteiger charge is -2.19. The molecule has 0 bridgehead atoms. The number of methoxy groups -OCH3 is 1. The Morgan fingerprint density at radius 3 is 2.16 bits per heavy atom. The molecule has 162 valence electrons. The molecule has 2 aromatic rings. The Morgan fingerprint density at radius 2 is 1.58 bits per heavy atom. The van der Waals surface area contributed by atoms with Crippen LogP contribution in [0.1, 0.15) is 29.8 Å². The molecule has 0 saturated heterocycles. The van der Waals surface area contributed by atoms with Gasteiger partial charge in [-0.15, -0.1) is 0 Å². The monoisotopic (exact) mass is 424 g/mol. The molecule has 0 aliphatic heterocycles. The summed E-state index contributed by atoms with van der Waals surface area (Å²) in [7, 11) is 1.55. The van der Waals surface area contributed by atoms with Gasteiger partial charge in [0.1, 0.15) is 5.75 Å². The maximum Gasteiger partial charge on any atom is 0.357 e. The fraction of sp³-hybridized carbons (Fsp3) is 0.217. The molecule has 0 unspecified atom stereocenters. The van der Waals surface area contributed by atoms with Crippen LogP contribution >= 0.6 is 0 Å². The molecule has 31 heavy (non-hydrogen) atoms. The van der Waals surface area contributed by atoms with Crippen LogP contribution in [0.5, 0.6) is 5.75 Å². The fourth-order valence-electron chi connectivity index (χ4n) is 2.45. The zero-order valence-electron chi connectivity index (χ0n) is 17.6. The zero-order chi connectivity index (χ0) is 22.6. The van der Waals surface area contributed by atoms with Gasteiger partial charge in [-0.2, -0.15) is 10.1 Å². The summed E-state index contributed by atoms with van der Waals surface area (Å²) in [5.41, 5.74) is 0.554. The highest BCUT2D eigenvalue weighted by atomic mass is 16.5. The van der Waals surface area contributed by atoms with Crippen molar-refractivity contribution < 1.29 is 28.6 Å². The van der Waals surface area contributed by atoms with Crippen molar-refractivity contribution in [3.63, 3.8) is 0 Å². The van der Waals surface area contributed by atoms with Crippen LogP contribution in [-0.2, 0) is 19.1 Å². The number of amides is 1. The molecule has 8 heteroatoms. The van der Waals surface area contributed by atoms with Crippen LogP contribution in [0.15, 0.2) is 71.5 Å². The predicted octanol–water partition coefficient (Wildman–Crippen LogP) is 3.18. The highest BCUT2D eigenvalue weighted by Gasteiger charge is 2.27. The molecule has 0 aliphatic rings. The third-order valence-corrected chi connectivity index (χ3v) is 3.91. The Balaban J connectivity index is 2.50. The molecule has 0 aromatic heterocycles. The van der Waals surface area contributed by atoms with E-state index in [2.05, 4.69) is 5.10 Å². The van der Waals surface area contributed by atoms with Crippen molar-refractivity contribution in [3.8, 4) is 5.75 Å². The second kappa shape index (κ2) is 11.9. The van der Waals surface area contributed by atoms with Crippen molar-refractivity contribution in [1.29, 1.82) is 0 Å². The van der Waals surface area contributed by atoms with Gasteiger partial charge in [0.2, 0.25) is 0 Å². The number of hydrogen-bond acceptors (Lipinski definition) is 7. The molecule has 0 saturated carbocycles. The first kappa shape index (κ1) is 23.3. The number of hydrogen-bond donors (Lipinski definition) is 0. The summed E-state index contributed by atoms with van der Waals surface area (Å²) in [6.07, 6.45) is 2.28. The quantitative estimate of drug-likeness (QED) is 0.266. The molecule has 2 rings (SSSR count). The van der Waals surface area contributed by atoms with Gasteiger partial charge in [0.15, 0.2) is 5.70 Å². The predicted molar refractivity (Wildman–Crippen MR) is 115 cm³/mol. The van der Waals surface area contributed by atoms with Crippen molar-refractivity contribution >= 4 is 24.1 Å². The Bertz CT molecular complexity index is 952. The third kappa shape index (κ3) is 6.81. The molecule has 2 aromatic carbocycles. The number of nitrogens with zero attached hydrogens (tertiary/aromatic N) is 2. The highest BCUT2D eigenvalue weighted by Crippen LogP contribution is 2.16. The van der Waals surface area contributed by atoms with E-state index in [4.69, 9.17) is 14.2 Å². The number of ether oxygens (including phenoxy) is 3. The number of esters is 2. The van der Waals surface area contributed by atoms with E-state index in [0.717, 1.165) is 11.1 Å².